The van der Waals surface area contributed by atoms with E-state index in [4.69, 9.17) is 0 Å². The number of hydrogen-bond donors (Lipinski definition) is 1. The molecule has 1 aromatic carbocycles. The highest BCUT2D eigenvalue weighted by Gasteiger charge is 2.19. The first-order valence-electron chi connectivity index (χ1n) is 4.54. The maximum atomic E-state index is 11.6. The molecule has 0 fully saturated rings. The maximum Gasteiger partial charge on any atom is 0.349 e. The van der Waals surface area contributed by atoms with Gasteiger partial charge in [0.1, 0.15) is 4.90 Å². The predicted octanol–water partition coefficient (Wildman–Crippen LogP) is 1.97. The van der Waals surface area contributed by atoms with E-state index in [1.54, 1.807) is 12.1 Å². The highest BCUT2D eigenvalue weighted by molar-refractivity contribution is 7.87. The van der Waals surface area contributed by atoms with E-state index in [-0.39, 0.29) is 16.6 Å². The summed E-state index contributed by atoms with van der Waals surface area (Å²) in [6.45, 7) is 6.52. The van der Waals surface area contributed by atoms with Crippen molar-refractivity contribution in [3.05, 3.63) is 42.0 Å². The second kappa shape index (κ2) is 5.60. The zero-order valence-corrected chi connectivity index (χ0v) is 10.6. The van der Waals surface area contributed by atoms with E-state index in [0.29, 0.717) is 0 Å². The van der Waals surface area contributed by atoms with E-state index in [1.807, 2.05) is 6.92 Å². The molecule has 0 radical (unpaired) electrons. The Morgan fingerprint density at radius 3 is 2.12 bits per heavy atom. The first kappa shape index (κ1) is 15.3. The molecular weight excluding hydrogens is 242 g/mol. The van der Waals surface area contributed by atoms with Crippen LogP contribution < -0.4 is 6.15 Å². The summed E-state index contributed by atoms with van der Waals surface area (Å²) in [5.41, 5.74) is 0.959. The highest BCUT2D eigenvalue weighted by atomic mass is 32.2. The van der Waals surface area contributed by atoms with Crippen molar-refractivity contribution in [3.8, 4) is 0 Å². The van der Waals surface area contributed by atoms with Gasteiger partial charge in [-0.15, -0.1) is 0 Å². The topological polar surface area (TPSA) is 95.4 Å². The van der Waals surface area contributed by atoms with Crippen LogP contribution in [0, 0.1) is 6.92 Å². The molecule has 94 valence electrons. The quantitative estimate of drug-likeness (QED) is 0.659. The lowest BCUT2D eigenvalue weighted by Crippen LogP contribution is -2.13. The van der Waals surface area contributed by atoms with Gasteiger partial charge in [-0.1, -0.05) is 24.3 Å². The van der Waals surface area contributed by atoms with Crippen LogP contribution in [0.25, 0.3) is 0 Å². The summed E-state index contributed by atoms with van der Waals surface area (Å²) in [6.07, 6.45) is 0. The number of benzene rings is 1. The number of rotatable bonds is 3. The van der Waals surface area contributed by atoms with Gasteiger partial charge < -0.3 is 10.3 Å². The number of aryl methyl sites for hydroxylation is 1. The van der Waals surface area contributed by atoms with Crippen LogP contribution in [0.4, 0.5) is 0 Å². The molecule has 6 heteroatoms. The van der Waals surface area contributed by atoms with Gasteiger partial charge in [0.15, 0.2) is 0 Å². The first-order valence-corrected chi connectivity index (χ1v) is 5.95. The monoisotopic (exact) mass is 257 g/mol. The lowest BCUT2D eigenvalue weighted by Gasteiger charge is -2.05. The molecule has 0 bridgehead atoms. The maximum absolute atomic E-state index is 11.6. The standard InChI is InChI=1S/C11H12O4S.H3N/c1-8(2)11(12)15-16(13,14)10-6-4-9(3)5-7-10;/h4-7H,1H2,2-3H3;1H3. The summed E-state index contributed by atoms with van der Waals surface area (Å²) in [7, 11) is -4.03. The van der Waals surface area contributed by atoms with Crippen molar-refractivity contribution in [1.29, 1.82) is 0 Å². The molecule has 0 aliphatic rings. The van der Waals surface area contributed by atoms with Crippen molar-refractivity contribution in [2.24, 2.45) is 0 Å². The van der Waals surface area contributed by atoms with Crippen molar-refractivity contribution in [1.82, 2.24) is 6.15 Å². The van der Waals surface area contributed by atoms with Gasteiger partial charge in [-0.3, -0.25) is 0 Å². The largest absolute Gasteiger partial charge is 0.349 e. The van der Waals surface area contributed by atoms with E-state index in [0.717, 1.165) is 5.56 Å². The molecule has 1 aromatic rings. The minimum atomic E-state index is -4.03. The summed E-state index contributed by atoms with van der Waals surface area (Å²) in [6, 6.07) is 6.02. The Labute approximate surface area is 101 Å². The van der Waals surface area contributed by atoms with E-state index < -0.39 is 16.1 Å². The molecule has 5 nitrogen and oxygen atoms in total. The Morgan fingerprint density at radius 1 is 1.24 bits per heavy atom. The van der Waals surface area contributed by atoms with Gasteiger partial charge in [0.25, 0.3) is 0 Å². The molecule has 0 aromatic heterocycles. The van der Waals surface area contributed by atoms with Crippen LogP contribution in [0.2, 0.25) is 0 Å². The number of hydrogen-bond acceptors (Lipinski definition) is 5. The van der Waals surface area contributed by atoms with Crippen molar-refractivity contribution in [2.45, 2.75) is 18.7 Å². The Hall–Kier alpha value is -1.66. The molecule has 0 atom stereocenters. The lowest BCUT2D eigenvalue weighted by molar-refractivity contribution is -0.129. The fraction of sp³-hybridized carbons (Fsp3) is 0.182. The Morgan fingerprint density at radius 2 is 1.71 bits per heavy atom. The highest BCUT2D eigenvalue weighted by Crippen LogP contribution is 2.14. The van der Waals surface area contributed by atoms with Crippen molar-refractivity contribution < 1.29 is 17.4 Å². The second-order valence-electron chi connectivity index (χ2n) is 3.42. The molecule has 3 N–H and O–H groups in total. The van der Waals surface area contributed by atoms with Gasteiger partial charge in [0, 0.05) is 5.57 Å². The Kier molecular flexibility index (Phi) is 5.06. The normalized spacial score (nSPS) is 10.2. The molecule has 17 heavy (non-hydrogen) atoms. The number of carbonyl (C=O) groups is 1. The Bertz CT molecular complexity index is 517. The zero-order valence-electron chi connectivity index (χ0n) is 9.76. The summed E-state index contributed by atoms with van der Waals surface area (Å²) in [5.74, 6) is -0.944. The van der Waals surface area contributed by atoms with Gasteiger partial charge in [-0.25, -0.2) is 4.79 Å². The summed E-state index contributed by atoms with van der Waals surface area (Å²) in [4.78, 5) is 11.0. The molecule has 0 saturated carbocycles. The molecular formula is C11H15NO4S. The summed E-state index contributed by atoms with van der Waals surface area (Å²) < 4.78 is 27.5. The first-order chi connectivity index (χ1) is 7.33. The smallest absolute Gasteiger partial charge is 0.344 e. The SMILES string of the molecule is C=C(C)C(=O)OS(=O)(=O)c1ccc(C)cc1.N. The van der Waals surface area contributed by atoms with Crippen LogP contribution >= 0.6 is 0 Å². The van der Waals surface area contributed by atoms with Crippen LogP contribution in [-0.2, 0) is 19.1 Å². The molecule has 0 saturated heterocycles. The zero-order chi connectivity index (χ0) is 12.3. The van der Waals surface area contributed by atoms with E-state index in [2.05, 4.69) is 10.8 Å². The van der Waals surface area contributed by atoms with Crippen LogP contribution in [-0.4, -0.2) is 14.4 Å². The summed E-state index contributed by atoms with van der Waals surface area (Å²) >= 11 is 0. The number of carbonyl (C=O) groups excluding carboxylic acids is 1. The average molecular weight is 257 g/mol. The molecule has 0 spiro atoms. The second-order valence-corrected chi connectivity index (χ2v) is 4.96. The van der Waals surface area contributed by atoms with Crippen molar-refractivity contribution in [3.63, 3.8) is 0 Å². The van der Waals surface area contributed by atoms with Gasteiger partial charge in [-0.2, -0.15) is 8.42 Å². The molecule has 0 aliphatic heterocycles. The van der Waals surface area contributed by atoms with Gasteiger partial charge in [-0.05, 0) is 26.0 Å². The van der Waals surface area contributed by atoms with Crippen LogP contribution in [0.5, 0.6) is 0 Å². The minimum Gasteiger partial charge on any atom is -0.344 e. The van der Waals surface area contributed by atoms with Crippen LogP contribution in [0.3, 0.4) is 0 Å². The van der Waals surface area contributed by atoms with Gasteiger partial charge in [0.2, 0.25) is 0 Å². The van der Waals surface area contributed by atoms with Crippen molar-refractivity contribution >= 4 is 16.1 Å². The third kappa shape index (κ3) is 4.01. The average Bonchev–Trinajstić information content (AvgIpc) is 2.17. The van der Waals surface area contributed by atoms with Crippen molar-refractivity contribution in [2.75, 3.05) is 0 Å². The fourth-order valence-electron chi connectivity index (χ4n) is 0.924. The van der Waals surface area contributed by atoms with E-state index in [9.17, 15) is 13.2 Å². The van der Waals surface area contributed by atoms with Crippen LogP contribution in [0.15, 0.2) is 41.3 Å². The predicted molar refractivity (Wildman–Crippen MR) is 64.3 cm³/mol. The van der Waals surface area contributed by atoms with Gasteiger partial charge in [0.05, 0.1) is 0 Å². The fourth-order valence-corrected chi connectivity index (χ4v) is 1.83. The van der Waals surface area contributed by atoms with Gasteiger partial charge >= 0.3 is 16.1 Å². The molecule has 0 unspecified atom stereocenters. The third-order valence-electron chi connectivity index (χ3n) is 1.84. The minimum absolute atomic E-state index is 0. The molecule has 0 amide bonds. The van der Waals surface area contributed by atoms with E-state index >= 15 is 0 Å². The molecule has 0 aliphatic carbocycles. The van der Waals surface area contributed by atoms with Crippen LogP contribution in [0.1, 0.15) is 12.5 Å². The van der Waals surface area contributed by atoms with E-state index in [1.165, 1.54) is 19.1 Å². The molecule has 1 rings (SSSR count). The third-order valence-corrected chi connectivity index (χ3v) is 3.06. The molecule has 0 heterocycles. The lowest BCUT2D eigenvalue weighted by atomic mass is 10.2. The summed E-state index contributed by atoms with van der Waals surface area (Å²) in [5, 5.41) is 0. The Balaban J connectivity index is 0.00000256.